The summed E-state index contributed by atoms with van der Waals surface area (Å²) in [6.45, 7) is 6.10. The highest BCUT2D eigenvalue weighted by Gasteiger charge is 2.39. The number of carbonyl (C=O) groups excluding carboxylic acids is 2. The van der Waals surface area contributed by atoms with Gasteiger partial charge < -0.3 is 14.8 Å². The first-order valence-electron chi connectivity index (χ1n) is 11.2. The van der Waals surface area contributed by atoms with Gasteiger partial charge in [0.1, 0.15) is 17.2 Å². The zero-order valence-electron chi connectivity index (χ0n) is 19.8. The maximum Gasteiger partial charge on any atom is 0.278 e. The minimum atomic E-state index is -0.362. The molecule has 0 aromatic heterocycles. The van der Waals surface area contributed by atoms with Crippen molar-refractivity contribution in [3.05, 3.63) is 95.2 Å². The van der Waals surface area contributed by atoms with Crippen molar-refractivity contribution in [2.45, 2.75) is 33.4 Å². The second kappa shape index (κ2) is 9.83. The van der Waals surface area contributed by atoms with Gasteiger partial charge in [-0.3, -0.25) is 14.5 Å². The lowest BCUT2D eigenvalue weighted by molar-refractivity contribution is -0.137. The number of anilines is 1. The molecule has 0 spiro atoms. The van der Waals surface area contributed by atoms with E-state index in [4.69, 9.17) is 9.47 Å². The summed E-state index contributed by atoms with van der Waals surface area (Å²) in [5.74, 6) is 0.714. The van der Waals surface area contributed by atoms with Crippen LogP contribution in [-0.4, -0.2) is 29.9 Å². The smallest absolute Gasteiger partial charge is 0.278 e. The highest BCUT2D eigenvalue weighted by Crippen LogP contribution is 2.33. The molecular formula is C28H28N2O4. The molecular weight excluding hydrogens is 428 g/mol. The molecule has 174 valence electrons. The minimum Gasteiger partial charge on any atom is -0.497 e. The first kappa shape index (κ1) is 23.1. The fourth-order valence-electron chi connectivity index (χ4n) is 3.77. The van der Waals surface area contributed by atoms with Gasteiger partial charge >= 0.3 is 0 Å². The van der Waals surface area contributed by atoms with Crippen molar-refractivity contribution in [3.63, 3.8) is 0 Å². The summed E-state index contributed by atoms with van der Waals surface area (Å²) in [7, 11) is 1.60. The summed E-state index contributed by atoms with van der Waals surface area (Å²) in [4.78, 5) is 28.2. The predicted molar refractivity (Wildman–Crippen MR) is 132 cm³/mol. The molecule has 0 aliphatic carbocycles. The van der Waals surface area contributed by atoms with Gasteiger partial charge in [-0.1, -0.05) is 42.0 Å². The van der Waals surface area contributed by atoms with Crippen molar-refractivity contribution in [3.8, 4) is 11.5 Å². The maximum absolute atomic E-state index is 13.5. The van der Waals surface area contributed by atoms with Crippen LogP contribution in [0.2, 0.25) is 0 Å². The SMILES string of the molecule is COc1ccc(NC2=C(c3ccc(OC(C)C)cc3)C(=O)N(Cc3ccc(C)cc3)C2=O)cc1. The van der Waals surface area contributed by atoms with E-state index in [1.807, 2.05) is 81.4 Å². The number of rotatable bonds is 8. The molecule has 0 atom stereocenters. The van der Waals surface area contributed by atoms with Crippen LogP contribution in [0.5, 0.6) is 11.5 Å². The number of hydrogen-bond acceptors (Lipinski definition) is 5. The summed E-state index contributed by atoms with van der Waals surface area (Å²) in [6, 6.07) is 22.3. The summed E-state index contributed by atoms with van der Waals surface area (Å²) < 4.78 is 10.9. The number of nitrogens with one attached hydrogen (secondary N) is 1. The molecule has 6 heteroatoms. The Morgan fingerprint density at radius 2 is 1.44 bits per heavy atom. The fraction of sp³-hybridized carbons (Fsp3) is 0.214. The van der Waals surface area contributed by atoms with E-state index in [1.54, 1.807) is 19.2 Å². The molecule has 1 N–H and O–H groups in total. The van der Waals surface area contributed by atoms with Gasteiger partial charge in [0, 0.05) is 5.69 Å². The average Bonchev–Trinajstić information content (AvgIpc) is 3.05. The number of carbonyl (C=O) groups is 2. The molecule has 4 rings (SSSR count). The molecule has 0 saturated carbocycles. The van der Waals surface area contributed by atoms with E-state index in [0.717, 1.165) is 11.1 Å². The van der Waals surface area contributed by atoms with E-state index in [-0.39, 0.29) is 30.2 Å². The van der Waals surface area contributed by atoms with Crippen molar-refractivity contribution in [2.24, 2.45) is 0 Å². The van der Waals surface area contributed by atoms with E-state index in [2.05, 4.69) is 5.32 Å². The number of nitrogens with zero attached hydrogens (tertiary/aromatic N) is 1. The molecule has 3 aromatic carbocycles. The normalized spacial score (nSPS) is 13.6. The van der Waals surface area contributed by atoms with Crippen LogP contribution in [0.3, 0.4) is 0 Å². The Labute approximate surface area is 199 Å². The van der Waals surface area contributed by atoms with Gasteiger partial charge in [-0.25, -0.2) is 0 Å². The molecule has 0 bridgehead atoms. The molecule has 0 fully saturated rings. The molecule has 0 radical (unpaired) electrons. The highest BCUT2D eigenvalue weighted by atomic mass is 16.5. The molecule has 1 aliphatic heterocycles. The lowest BCUT2D eigenvalue weighted by Crippen LogP contribution is -2.32. The Hall–Kier alpha value is -4.06. The molecule has 3 aromatic rings. The number of benzene rings is 3. The van der Waals surface area contributed by atoms with Gasteiger partial charge in [-0.2, -0.15) is 0 Å². The zero-order valence-corrected chi connectivity index (χ0v) is 19.8. The second-order valence-corrected chi connectivity index (χ2v) is 8.48. The van der Waals surface area contributed by atoms with Crippen LogP contribution in [0.25, 0.3) is 5.57 Å². The third-order valence-corrected chi connectivity index (χ3v) is 5.50. The Balaban J connectivity index is 1.69. The Kier molecular flexibility index (Phi) is 6.68. The van der Waals surface area contributed by atoms with Gasteiger partial charge in [0.25, 0.3) is 11.8 Å². The topological polar surface area (TPSA) is 67.9 Å². The molecule has 0 unspecified atom stereocenters. The van der Waals surface area contributed by atoms with E-state index < -0.39 is 0 Å². The van der Waals surface area contributed by atoms with Crippen LogP contribution in [0.15, 0.2) is 78.5 Å². The van der Waals surface area contributed by atoms with E-state index in [0.29, 0.717) is 28.3 Å². The van der Waals surface area contributed by atoms with Crippen molar-refractivity contribution < 1.29 is 19.1 Å². The van der Waals surface area contributed by atoms with Gasteiger partial charge in [-0.15, -0.1) is 0 Å². The fourth-order valence-corrected chi connectivity index (χ4v) is 3.77. The van der Waals surface area contributed by atoms with E-state index in [1.165, 1.54) is 4.90 Å². The lowest BCUT2D eigenvalue weighted by atomic mass is 10.0. The van der Waals surface area contributed by atoms with Crippen LogP contribution in [0.4, 0.5) is 5.69 Å². The van der Waals surface area contributed by atoms with Crippen molar-refractivity contribution in [1.29, 1.82) is 0 Å². The zero-order chi connectivity index (χ0) is 24.2. The summed E-state index contributed by atoms with van der Waals surface area (Å²) in [6.07, 6.45) is 0.0389. The molecule has 34 heavy (non-hydrogen) atoms. The van der Waals surface area contributed by atoms with E-state index in [9.17, 15) is 9.59 Å². The third-order valence-electron chi connectivity index (χ3n) is 5.50. The van der Waals surface area contributed by atoms with Gasteiger partial charge in [-0.05, 0) is 68.3 Å². The van der Waals surface area contributed by atoms with Crippen molar-refractivity contribution in [2.75, 3.05) is 12.4 Å². The molecule has 1 aliphatic rings. The van der Waals surface area contributed by atoms with Gasteiger partial charge in [0.05, 0.1) is 25.3 Å². The number of ether oxygens (including phenoxy) is 2. The first-order chi connectivity index (χ1) is 16.4. The largest absolute Gasteiger partial charge is 0.497 e. The number of aryl methyl sites for hydroxylation is 1. The molecule has 1 heterocycles. The lowest BCUT2D eigenvalue weighted by Gasteiger charge is -2.16. The Morgan fingerprint density at radius 3 is 2.03 bits per heavy atom. The minimum absolute atomic E-state index is 0.0389. The molecule has 0 saturated heterocycles. The summed E-state index contributed by atoms with van der Waals surface area (Å²) in [5, 5.41) is 3.17. The third kappa shape index (κ3) is 4.96. The van der Waals surface area contributed by atoms with E-state index >= 15 is 0 Å². The van der Waals surface area contributed by atoms with Crippen LogP contribution < -0.4 is 14.8 Å². The number of hydrogen-bond donors (Lipinski definition) is 1. The summed E-state index contributed by atoms with van der Waals surface area (Å²) >= 11 is 0. The first-order valence-corrected chi connectivity index (χ1v) is 11.2. The van der Waals surface area contributed by atoms with Crippen molar-refractivity contribution >= 4 is 23.1 Å². The maximum atomic E-state index is 13.5. The van der Waals surface area contributed by atoms with Crippen LogP contribution in [0, 0.1) is 6.92 Å². The highest BCUT2D eigenvalue weighted by molar-refractivity contribution is 6.36. The summed E-state index contributed by atoms with van der Waals surface area (Å²) in [5.41, 5.74) is 3.93. The van der Waals surface area contributed by atoms with Crippen LogP contribution in [0.1, 0.15) is 30.5 Å². The number of amides is 2. The van der Waals surface area contributed by atoms with Crippen LogP contribution in [-0.2, 0) is 16.1 Å². The van der Waals surface area contributed by atoms with Crippen molar-refractivity contribution in [1.82, 2.24) is 4.90 Å². The molecule has 2 amide bonds. The molecule has 6 nitrogen and oxygen atoms in total. The monoisotopic (exact) mass is 456 g/mol. The van der Waals surface area contributed by atoms with Gasteiger partial charge in [0.2, 0.25) is 0 Å². The number of methoxy groups -OCH3 is 1. The number of imide groups is 1. The second-order valence-electron chi connectivity index (χ2n) is 8.48. The predicted octanol–water partition coefficient (Wildman–Crippen LogP) is 5.18. The van der Waals surface area contributed by atoms with Crippen LogP contribution >= 0.6 is 0 Å². The quantitative estimate of drug-likeness (QED) is 0.473. The Bertz CT molecular complexity index is 1210. The van der Waals surface area contributed by atoms with Gasteiger partial charge in [0.15, 0.2) is 0 Å². The Morgan fingerprint density at radius 1 is 0.824 bits per heavy atom. The standard InChI is InChI=1S/C28H28N2O4/c1-18(2)34-24-13-9-21(10-14-24)25-26(29-22-11-15-23(33-4)16-12-22)28(32)30(27(25)31)17-20-7-5-19(3)6-8-20/h5-16,18,29H,17H2,1-4H3. The average molecular weight is 457 g/mol.